The minimum absolute atomic E-state index is 0.231. The molecule has 0 aromatic heterocycles. The van der Waals surface area contributed by atoms with Gasteiger partial charge in [0.05, 0.1) is 5.56 Å². The van der Waals surface area contributed by atoms with E-state index in [0.717, 1.165) is 5.56 Å². The lowest BCUT2D eigenvalue weighted by Crippen LogP contribution is -2.14. The highest BCUT2D eigenvalue weighted by Gasteiger charge is 2.12. The molecule has 0 heterocycles. The summed E-state index contributed by atoms with van der Waals surface area (Å²) in [6.07, 6.45) is 0. The molecule has 0 aliphatic rings. The van der Waals surface area contributed by atoms with Crippen molar-refractivity contribution in [3.8, 4) is 0 Å². The standard InChI is InChI=1S/C11H15NO2/c1-7(2)12-9-6-4-5-8(3)10(9)11(13)14/h4-7,12H,1-3H3,(H,13,14). The van der Waals surface area contributed by atoms with Crippen LogP contribution in [0.4, 0.5) is 5.69 Å². The van der Waals surface area contributed by atoms with Gasteiger partial charge < -0.3 is 10.4 Å². The third-order valence-electron chi connectivity index (χ3n) is 1.93. The minimum atomic E-state index is -0.883. The first-order chi connectivity index (χ1) is 6.52. The summed E-state index contributed by atoms with van der Waals surface area (Å²) in [7, 11) is 0. The van der Waals surface area contributed by atoms with Gasteiger partial charge in [0.1, 0.15) is 0 Å². The van der Waals surface area contributed by atoms with Crippen LogP contribution in [0.5, 0.6) is 0 Å². The maximum atomic E-state index is 11.0. The third-order valence-corrected chi connectivity index (χ3v) is 1.93. The molecule has 1 aromatic rings. The number of aromatic carboxylic acids is 1. The lowest BCUT2D eigenvalue weighted by molar-refractivity contribution is 0.0697. The van der Waals surface area contributed by atoms with Crippen LogP contribution in [-0.4, -0.2) is 17.1 Å². The summed E-state index contributed by atoms with van der Waals surface area (Å²) in [5, 5.41) is 12.1. The van der Waals surface area contributed by atoms with Gasteiger partial charge in [0.15, 0.2) is 0 Å². The summed E-state index contributed by atoms with van der Waals surface area (Å²) in [4.78, 5) is 11.0. The number of anilines is 1. The lowest BCUT2D eigenvalue weighted by atomic mass is 10.1. The summed E-state index contributed by atoms with van der Waals surface area (Å²) in [5.74, 6) is -0.883. The molecule has 0 saturated heterocycles. The molecule has 0 aliphatic heterocycles. The highest BCUT2D eigenvalue weighted by atomic mass is 16.4. The van der Waals surface area contributed by atoms with E-state index in [1.165, 1.54) is 0 Å². The van der Waals surface area contributed by atoms with Gasteiger partial charge in [-0.05, 0) is 32.4 Å². The van der Waals surface area contributed by atoms with Crippen LogP contribution in [0.1, 0.15) is 29.8 Å². The normalized spacial score (nSPS) is 10.3. The summed E-state index contributed by atoms with van der Waals surface area (Å²) in [6.45, 7) is 5.76. The number of carboxylic acids is 1. The van der Waals surface area contributed by atoms with Crippen LogP contribution in [0.3, 0.4) is 0 Å². The van der Waals surface area contributed by atoms with Crippen molar-refractivity contribution in [1.82, 2.24) is 0 Å². The van der Waals surface area contributed by atoms with Gasteiger partial charge in [-0.15, -0.1) is 0 Å². The van der Waals surface area contributed by atoms with Crippen molar-refractivity contribution in [2.45, 2.75) is 26.8 Å². The summed E-state index contributed by atoms with van der Waals surface area (Å²) in [5.41, 5.74) is 1.83. The number of nitrogens with one attached hydrogen (secondary N) is 1. The van der Waals surface area contributed by atoms with Crippen LogP contribution < -0.4 is 5.32 Å². The Kier molecular flexibility index (Phi) is 3.12. The van der Waals surface area contributed by atoms with Crippen molar-refractivity contribution in [1.29, 1.82) is 0 Å². The molecule has 1 rings (SSSR count). The molecule has 0 radical (unpaired) electrons. The SMILES string of the molecule is Cc1cccc(NC(C)C)c1C(=O)O. The lowest BCUT2D eigenvalue weighted by Gasteiger charge is -2.13. The van der Waals surface area contributed by atoms with Gasteiger partial charge in [-0.3, -0.25) is 0 Å². The summed E-state index contributed by atoms with van der Waals surface area (Å²) in [6, 6.07) is 5.67. The maximum Gasteiger partial charge on any atom is 0.338 e. The molecule has 0 aliphatic carbocycles. The van der Waals surface area contributed by atoms with E-state index in [1.54, 1.807) is 19.1 Å². The quantitative estimate of drug-likeness (QED) is 0.775. The fourth-order valence-electron chi connectivity index (χ4n) is 1.38. The van der Waals surface area contributed by atoms with E-state index in [-0.39, 0.29) is 6.04 Å². The van der Waals surface area contributed by atoms with Crippen LogP contribution in [0, 0.1) is 6.92 Å². The molecule has 76 valence electrons. The first-order valence-corrected chi connectivity index (χ1v) is 4.62. The van der Waals surface area contributed by atoms with E-state index in [2.05, 4.69) is 5.32 Å². The molecular formula is C11H15NO2. The number of aryl methyl sites for hydroxylation is 1. The molecule has 0 atom stereocenters. The Balaban J connectivity index is 3.14. The molecule has 3 heteroatoms. The van der Waals surface area contributed by atoms with Crippen LogP contribution in [0.25, 0.3) is 0 Å². The number of hydrogen-bond acceptors (Lipinski definition) is 2. The van der Waals surface area contributed by atoms with Crippen LogP contribution in [0.15, 0.2) is 18.2 Å². The predicted octanol–water partition coefficient (Wildman–Crippen LogP) is 2.51. The Labute approximate surface area is 83.8 Å². The van der Waals surface area contributed by atoms with Gasteiger partial charge in [0.25, 0.3) is 0 Å². The van der Waals surface area contributed by atoms with E-state index >= 15 is 0 Å². The molecule has 14 heavy (non-hydrogen) atoms. The molecule has 1 aromatic carbocycles. The van der Waals surface area contributed by atoms with Crippen LogP contribution in [0.2, 0.25) is 0 Å². The second-order valence-electron chi connectivity index (χ2n) is 3.60. The zero-order chi connectivity index (χ0) is 10.7. The van der Waals surface area contributed by atoms with Gasteiger partial charge >= 0.3 is 5.97 Å². The molecule has 0 unspecified atom stereocenters. The number of hydrogen-bond donors (Lipinski definition) is 2. The van der Waals surface area contributed by atoms with Crippen molar-refractivity contribution in [2.24, 2.45) is 0 Å². The van der Waals surface area contributed by atoms with Crippen molar-refractivity contribution < 1.29 is 9.90 Å². The zero-order valence-corrected chi connectivity index (χ0v) is 8.66. The molecule has 0 fully saturated rings. The van der Waals surface area contributed by atoms with Gasteiger partial charge in [-0.1, -0.05) is 12.1 Å². The minimum Gasteiger partial charge on any atom is -0.478 e. The second-order valence-corrected chi connectivity index (χ2v) is 3.60. The smallest absolute Gasteiger partial charge is 0.338 e. The topological polar surface area (TPSA) is 49.3 Å². The van der Waals surface area contributed by atoms with Crippen molar-refractivity contribution in [3.63, 3.8) is 0 Å². The fourth-order valence-corrected chi connectivity index (χ4v) is 1.38. The monoisotopic (exact) mass is 193 g/mol. The first kappa shape index (κ1) is 10.6. The number of carbonyl (C=O) groups is 1. The maximum absolute atomic E-state index is 11.0. The molecule has 3 nitrogen and oxygen atoms in total. The van der Waals surface area contributed by atoms with Crippen molar-refractivity contribution in [3.05, 3.63) is 29.3 Å². The van der Waals surface area contributed by atoms with E-state index in [1.807, 2.05) is 19.9 Å². The van der Waals surface area contributed by atoms with Gasteiger partial charge in [0.2, 0.25) is 0 Å². The largest absolute Gasteiger partial charge is 0.478 e. The van der Waals surface area contributed by atoms with Crippen molar-refractivity contribution in [2.75, 3.05) is 5.32 Å². The number of carboxylic acid groups (broad SMARTS) is 1. The van der Waals surface area contributed by atoms with Gasteiger partial charge in [0, 0.05) is 11.7 Å². The van der Waals surface area contributed by atoms with Crippen molar-refractivity contribution >= 4 is 11.7 Å². The Morgan fingerprint density at radius 2 is 2.07 bits per heavy atom. The number of rotatable bonds is 3. The van der Waals surface area contributed by atoms with E-state index < -0.39 is 5.97 Å². The first-order valence-electron chi connectivity index (χ1n) is 4.62. The van der Waals surface area contributed by atoms with Gasteiger partial charge in [-0.25, -0.2) is 4.79 Å². The van der Waals surface area contributed by atoms with Gasteiger partial charge in [-0.2, -0.15) is 0 Å². The predicted molar refractivity (Wildman–Crippen MR) is 56.9 cm³/mol. The molecule has 0 bridgehead atoms. The van der Waals surface area contributed by atoms with E-state index in [4.69, 9.17) is 5.11 Å². The summed E-state index contributed by atoms with van der Waals surface area (Å²) < 4.78 is 0. The Morgan fingerprint density at radius 1 is 1.43 bits per heavy atom. The van der Waals surface area contributed by atoms with Crippen LogP contribution >= 0.6 is 0 Å². The number of benzene rings is 1. The van der Waals surface area contributed by atoms with E-state index in [0.29, 0.717) is 11.3 Å². The molecule has 2 N–H and O–H groups in total. The molecule has 0 spiro atoms. The third kappa shape index (κ3) is 2.25. The second kappa shape index (κ2) is 4.13. The fraction of sp³-hybridized carbons (Fsp3) is 0.364. The zero-order valence-electron chi connectivity index (χ0n) is 8.66. The highest BCUT2D eigenvalue weighted by molar-refractivity contribution is 5.95. The Bertz CT molecular complexity index is 345. The molecule has 0 saturated carbocycles. The Hall–Kier alpha value is -1.51. The average Bonchev–Trinajstić information content (AvgIpc) is 2.01. The van der Waals surface area contributed by atoms with Crippen LogP contribution in [-0.2, 0) is 0 Å². The highest BCUT2D eigenvalue weighted by Crippen LogP contribution is 2.20. The molecule has 0 amide bonds. The molecular weight excluding hydrogens is 178 g/mol. The summed E-state index contributed by atoms with van der Waals surface area (Å²) >= 11 is 0. The average molecular weight is 193 g/mol. The Morgan fingerprint density at radius 3 is 2.57 bits per heavy atom. The van der Waals surface area contributed by atoms with E-state index in [9.17, 15) is 4.79 Å².